The summed E-state index contributed by atoms with van der Waals surface area (Å²) in [7, 11) is 0. The van der Waals surface area contributed by atoms with Crippen LogP contribution in [0.25, 0.3) is 0 Å². The largest absolute Gasteiger partial charge is 0.290 e. The van der Waals surface area contributed by atoms with Crippen LogP contribution >= 0.6 is 11.8 Å². The van der Waals surface area contributed by atoms with E-state index in [0.29, 0.717) is 35.5 Å². The van der Waals surface area contributed by atoms with E-state index in [0.717, 1.165) is 12.0 Å². The quantitative estimate of drug-likeness (QED) is 0.586. The molecule has 1 aromatic rings. The first-order valence-electron chi connectivity index (χ1n) is 7.75. The van der Waals surface area contributed by atoms with E-state index in [9.17, 15) is 14.9 Å². The van der Waals surface area contributed by atoms with Gasteiger partial charge in [0.15, 0.2) is 5.17 Å². The van der Waals surface area contributed by atoms with Gasteiger partial charge < -0.3 is 0 Å². The molecule has 0 aliphatic carbocycles. The number of benzene rings is 1. The van der Waals surface area contributed by atoms with Crippen LogP contribution in [-0.2, 0) is 11.2 Å². The topological polar surface area (TPSA) is 75.8 Å². The molecule has 0 N–H and O–H groups in total. The smallest absolute Gasteiger partial charge is 0.269 e. The highest BCUT2D eigenvalue weighted by atomic mass is 32.2. The van der Waals surface area contributed by atoms with Crippen molar-refractivity contribution in [2.45, 2.75) is 33.6 Å². The molecule has 1 fully saturated rings. The summed E-state index contributed by atoms with van der Waals surface area (Å²) in [6, 6.07) is 4.67. The van der Waals surface area contributed by atoms with Crippen LogP contribution in [0.3, 0.4) is 0 Å². The van der Waals surface area contributed by atoms with Crippen LogP contribution in [0, 0.1) is 16.0 Å². The lowest BCUT2D eigenvalue weighted by Crippen LogP contribution is -2.33. The zero-order valence-corrected chi connectivity index (χ0v) is 14.4. The van der Waals surface area contributed by atoms with Gasteiger partial charge in [-0.2, -0.15) is 0 Å². The highest BCUT2D eigenvalue weighted by Gasteiger charge is 2.29. The Morgan fingerprint density at radius 3 is 2.78 bits per heavy atom. The van der Waals surface area contributed by atoms with Crippen molar-refractivity contribution < 1.29 is 9.72 Å². The molecule has 1 heterocycles. The number of amidine groups is 1. The third-order valence-electron chi connectivity index (χ3n) is 3.92. The second kappa shape index (κ2) is 7.59. The molecule has 1 amide bonds. The number of carbonyl (C=O) groups excluding carboxylic acids is 1. The number of thioether (sulfide) groups is 1. The number of hydrogen-bond donors (Lipinski definition) is 0. The van der Waals surface area contributed by atoms with Gasteiger partial charge in [0.05, 0.1) is 16.4 Å². The van der Waals surface area contributed by atoms with E-state index in [2.05, 4.69) is 18.8 Å². The summed E-state index contributed by atoms with van der Waals surface area (Å²) in [5.74, 6) is 0.892. The van der Waals surface area contributed by atoms with E-state index in [1.54, 1.807) is 17.0 Å². The normalized spacial score (nSPS) is 17.8. The molecule has 1 aromatic carbocycles. The van der Waals surface area contributed by atoms with Crippen molar-refractivity contribution in [3.63, 3.8) is 0 Å². The number of amides is 1. The second-order valence-electron chi connectivity index (χ2n) is 5.62. The maximum atomic E-state index is 12.1. The number of non-ortho nitro benzene ring substituents is 1. The number of nitro benzene ring substituents is 1. The third kappa shape index (κ3) is 4.10. The first kappa shape index (κ1) is 17.5. The van der Waals surface area contributed by atoms with Crippen molar-refractivity contribution in [2.75, 3.05) is 12.3 Å². The summed E-state index contributed by atoms with van der Waals surface area (Å²) in [5, 5.41) is 11.6. The number of nitro groups is 1. The molecule has 1 unspecified atom stereocenters. The summed E-state index contributed by atoms with van der Waals surface area (Å²) in [4.78, 5) is 28.9. The molecular formula is C16H21N3O3S. The standard InChI is InChI=1S/C16H21N3O3S/c1-4-11(3)9-18-15(20)10-23-16(18)17-14-7-6-13(19(21)22)8-12(14)5-2/h6-8,11H,4-5,9-10H2,1-3H3. The third-order valence-corrected chi connectivity index (χ3v) is 4.88. The maximum Gasteiger partial charge on any atom is 0.269 e. The molecule has 0 saturated carbocycles. The molecule has 1 aliphatic rings. The summed E-state index contributed by atoms with van der Waals surface area (Å²) in [6.07, 6.45) is 1.65. The van der Waals surface area contributed by atoms with Crippen LogP contribution < -0.4 is 0 Å². The Morgan fingerprint density at radius 2 is 2.17 bits per heavy atom. The number of hydrogen-bond acceptors (Lipinski definition) is 5. The number of carbonyl (C=O) groups is 1. The van der Waals surface area contributed by atoms with Gasteiger partial charge in [-0.25, -0.2) is 4.99 Å². The van der Waals surface area contributed by atoms with Gasteiger partial charge in [0, 0.05) is 18.7 Å². The predicted molar refractivity (Wildman–Crippen MR) is 93.2 cm³/mol. The van der Waals surface area contributed by atoms with E-state index in [-0.39, 0.29) is 11.6 Å². The maximum absolute atomic E-state index is 12.1. The van der Waals surface area contributed by atoms with Crippen molar-refractivity contribution in [3.05, 3.63) is 33.9 Å². The van der Waals surface area contributed by atoms with Gasteiger partial charge in [0.2, 0.25) is 5.91 Å². The Bertz CT molecular complexity index is 645. The van der Waals surface area contributed by atoms with E-state index in [1.807, 2.05) is 6.92 Å². The monoisotopic (exact) mass is 335 g/mol. The average Bonchev–Trinajstić information content (AvgIpc) is 2.88. The van der Waals surface area contributed by atoms with Crippen LogP contribution in [0.5, 0.6) is 0 Å². The van der Waals surface area contributed by atoms with Crippen LogP contribution in [-0.4, -0.2) is 33.2 Å². The van der Waals surface area contributed by atoms with E-state index >= 15 is 0 Å². The fraction of sp³-hybridized carbons (Fsp3) is 0.500. The van der Waals surface area contributed by atoms with Crippen molar-refractivity contribution in [1.29, 1.82) is 0 Å². The van der Waals surface area contributed by atoms with Gasteiger partial charge in [-0.1, -0.05) is 39.0 Å². The molecule has 0 radical (unpaired) electrons. The minimum absolute atomic E-state index is 0.0670. The number of nitrogens with zero attached hydrogens (tertiary/aromatic N) is 3. The van der Waals surface area contributed by atoms with Gasteiger partial charge in [0.25, 0.3) is 5.69 Å². The van der Waals surface area contributed by atoms with E-state index < -0.39 is 4.92 Å². The van der Waals surface area contributed by atoms with Crippen LogP contribution in [0.2, 0.25) is 0 Å². The van der Waals surface area contributed by atoms with Gasteiger partial charge in [0.1, 0.15) is 0 Å². The first-order valence-corrected chi connectivity index (χ1v) is 8.74. The molecule has 2 rings (SSSR count). The molecular weight excluding hydrogens is 314 g/mol. The Balaban J connectivity index is 2.32. The average molecular weight is 335 g/mol. The van der Waals surface area contributed by atoms with Gasteiger partial charge in [-0.05, 0) is 24.0 Å². The molecule has 124 valence electrons. The minimum Gasteiger partial charge on any atom is -0.290 e. The molecule has 0 aromatic heterocycles. The molecule has 1 atom stereocenters. The summed E-state index contributed by atoms with van der Waals surface area (Å²) < 4.78 is 0. The molecule has 1 aliphatic heterocycles. The number of aliphatic imine (C=N–C) groups is 1. The SMILES string of the molecule is CCc1cc([N+](=O)[O-])ccc1N=C1SCC(=O)N1CC(C)CC. The lowest BCUT2D eigenvalue weighted by Gasteiger charge is -2.20. The predicted octanol–water partition coefficient (Wildman–Crippen LogP) is 3.77. The van der Waals surface area contributed by atoms with Crippen molar-refractivity contribution in [2.24, 2.45) is 10.9 Å². The molecule has 1 saturated heterocycles. The summed E-state index contributed by atoms with van der Waals surface area (Å²) >= 11 is 1.43. The Labute approximate surface area is 140 Å². The Kier molecular flexibility index (Phi) is 5.76. The lowest BCUT2D eigenvalue weighted by molar-refractivity contribution is -0.384. The fourth-order valence-electron chi connectivity index (χ4n) is 2.28. The highest BCUT2D eigenvalue weighted by molar-refractivity contribution is 8.15. The van der Waals surface area contributed by atoms with Crippen LogP contribution in [0.4, 0.5) is 11.4 Å². The lowest BCUT2D eigenvalue weighted by atomic mass is 10.1. The zero-order chi connectivity index (χ0) is 17.0. The zero-order valence-electron chi connectivity index (χ0n) is 13.6. The van der Waals surface area contributed by atoms with E-state index in [4.69, 9.17) is 0 Å². The fourth-order valence-corrected chi connectivity index (χ4v) is 3.19. The van der Waals surface area contributed by atoms with E-state index in [1.165, 1.54) is 17.8 Å². The van der Waals surface area contributed by atoms with Crippen molar-refractivity contribution in [3.8, 4) is 0 Å². The molecule has 7 heteroatoms. The molecule has 6 nitrogen and oxygen atoms in total. The van der Waals surface area contributed by atoms with Gasteiger partial charge in [-0.15, -0.1) is 0 Å². The Morgan fingerprint density at radius 1 is 1.43 bits per heavy atom. The van der Waals surface area contributed by atoms with Crippen molar-refractivity contribution >= 4 is 34.2 Å². The first-order chi connectivity index (χ1) is 11.0. The van der Waals surface area contributed by atoms with Gasteiger partial charge in [-0.3, -0.25) is 19.8 Å². The van der Waals surface area contributed by atoms with Gasteiger partial charge >= 0.3 is 0 Å². The highest BCUT2D eigenvalue weighted by Crippen LogP contribution is 2.29. The number of rotatable bonds is 6. The molecule has 0 bridgehead atoms. The summed E-state index contributed by atoms with van der Waals surface area (Å²) in [6.45, 7) is 6.81. The molecule has 0 spiro atoms. The minimum atomic E-state index is -0.404. The summed E-state index contributed by atoms with van der Waals surface area (Å²) in [5.41, 5.74) is 1.58. The molecule has 23 heavy (non-hydrogen) atoms. The van der Waals surface area contributed by atoms with Crippen LogP contribution in [0.15, 0.2) is 23.2 Å². The second-order valence-corrected chi connectivity index (χ2v) is 6.57. The Hall–Kier alpha value is -1.89. The van der Waals surface area contributed by atoms with Crippen LogP contribution in [0.1, 0.15) is 32.8 Å². The van der Waals surface area contributed by atoms with Crippen molar-refractivity contribution in [1.82, 2.24) is 4.90 Å². The number of aryl methyl sites for hydroxylation is 1.